The highest BCUT2D eigenvalue weighted by Gasteiger charge is 2.32. The molecule has 1 unspecified atom stereocenters. The molecule has 0 spiro atoms. The fraction of sp³-hybridized carbons (Fsp3) is 1.00. The molecule has 2 saturated carbocycles. The van der Waals surface area contributed by atoms with Gasteiger partial charge in [-0.15, -0.1) is 0 Å². The first-order valence-corrected chi connectivity index (χ1v) is 6.36. The lowest BCUT2D eigenvalue weighted by Gasteiger charge is -2.21. The Bertz CT molecular complexity index is 158. The van der Waals surface area contributed by atoms with Gasteiger partial charge in [-0.2, -0.15) is 0 Å². The molecule has 14 heavy (non-hydrogen) atoms. The van der Waals surface area contributed by atoms with Gasteiger partial charge in [0.25, 0.3) is 0 Å². The first-order chi connectivity index (χ1) is 6.90. The number of rotatable bonds is 4. The van der Waals surface area contributed by atoms with Crippen LogP contribution in [0.3, 0.4) is 0 Å². The molecular weight excluding hydrogens is 172 g/mol. The van der Waals surface area contributed by atoms with Crippen molar-refractivity contribution in [3.63, 3.8) is 0 Å². The highest BCUT2D eigenvalue weighted by molar-refractivity contribution is 4.86. The zero-order chi connectivity index (χ0) is 9.80. The van der Waals surface area contributed by atoms with E-state index in [1.54, 1.807) is 0 Å². The number of hydrogen-bond donors (Lipinski definition) is 2. The molecule has 82 valence electrons. The topological polar surface area (TPSA) is 38.0 Å². The maximum absolute atomic E-state index is 5.62. The van der Waals surface area contributed by atoms with Crippen molar-refractivity contribution in [3.05, 3.63) is 0 Å². The Morgan fingerprint density at radius 2 is 1.64 bits per heavy atom. The van der Waals surface area contributed by atoms with Crippen LogP contribution < -0.4 is 11.3 Å². The van der Waals surface area contributed by atoms with E-state index in [2.05, 4.69) is 5.43 Å². The van der Waals surface area contributed by atoms with E-state index < -0.39 is 0 Å². The number of nitrogens with one attached hydrogen (secondary N) is 1. The fourth-order valence-electron chi connectivity index (χ4n) is 2.85. The second kappa shape index (κ2) is 5.13. The average molecular weight is 196 g/mol. The van der Waals surface area contributed by atoms with Crippen LogP contribution in [0.15, 0.2) is 0 Å². The van der Waals surface area contributed by atoms with Crippen LogP contribution in [0.4, 0.5) is 0 Å². The van der Waals surface area contributed by atoms with Crippen molar-refractivity contribution in [1.29, 1.82) is 0 Å². The van der Waals surface area contributed by atoms with Crippen LogP contribution >= 0.6 is 0 Å². The molecule has 0 bridgehead atoms. The summed E-state index contributed by atoms with van der Waals surface area (Å²) in [4.78, 5) is 0. The van der Waals surface area contributed by atoms with Gasteiger partial charge < -0.3 is 0 Å². The summed E-state index contributed by atoms with van der Waals surface area (Å²) in [6, 6.07) is 0.623. The maximum Gasteiger partial charge on any atom is 0.0241 e. The SMILES string of the molecule is NNC(CC1CCCCCC1)C1CC1. The Morgan fingerprint density at radius 3 is 2.14 bits per heavy atom. The van der Waals surface area contributed by atoms with E-state index in [9.17, 15) is 0 Å². The quantitative estimate of drug-likeness (QED) is 0.412. The molecule has 0 aromatic carbocycles. The third-order valence-electron chi connectivity index (χ3n) is 3.97. The molecule has 0 aromatic heterocycles. The van der Waals surface area contributed by atoms with Crippen LogP contribution in [-0.4, -0.2) is 6.04 Å². The largest absolute Gasteiger partial charge is 0.271 e. The zero-order valence-corrected chi connectivity index (χ0v) is 9.17. The van der Waals surface area contributed by atoms with Crippen molar-refractivity contribution in [2.75, 3.05) is 0 Å². The van der Waals surface area contributed by atoms with E-state index in [-0.39, 0.29) is 0 Å². The van der Waals surface area contributed by atoms with E-state index in [4.69, 9.17) is 5.84 Å². The van der Waals surface area contributed by atoms with Crippen LogP contribution in [0, 0.1) is 11.8 Å². The lowest BCUT2D eigenvalue weighted by Crippen LogP contribution is -2.38. The van der Waals surface area contributed by atoms with Crippen molar-refractivity contribution in [2.45, 2.75) is 63.8 Å². The van der Waals surface area contributed by atoms with Crippen LogP contribution in [0.5, 0.6) is 0 Å². The van der Waals surface area contributed by atoms with Gasteiger partial charge in [-0.05, 0) is 31.1 Å². The van der Waals surface area contributed by atoms with Gasteiger partial charge in [-0.1, -0.05) is 38.5 Å². The standard InChI is InChI=1S/C12H24N2/c13-14-12(11-7-8-11)9-10-5-3-1-2-4-6-10/h10-12,14H,1-9,13H2. The average Bonchev–Trinajstić information content (AvgIpc) is 3.01. The highest BCUT2D eigenvalue weighted by Crippen LogP contribution is 2.37. The Labute approximate surface area is 87.6 Å². The normalized spacial score (nSPS) is 27.2. The molecule has 2 heteroatoms. The molecule has 2 aliphatic carbocycles. The molecule has 2 nitrogen and oxygen atoms in total. The van der Waals surface area contributed by atoms with Gasteiger partial charge in [0.1, 0.15) is 0 Å². The van der Waals surface area contributed by atoms with Crippen LogP contribution in [0.2, 0.25) is 0 Å². The Balaban J connectivity index is 1.75. The Morgan fingerprint density at radius 1 is 1.00 bits per heavy atom. The molecule has 3 N–H and O–H groups in total. The minimum Gasteiger partial charge on any atom is -0.271 e. The monoisotopic (exact) mass is 196 g/mol. The molecule has 0 saturated heterocycles. The van der Waals surface area contributed by atoms with Crippen molar-refractivity contribution in [3.8, 4) is 0 Å². The van der Waals surface area contributed by atoms with Crippen molar-refractivity contribution in [1.82, 2.24) is 5.43 Å². The van der Waals surface area contributed by atoms with Crippen molar-refractivity contribution in [2.24, 2.45) is 17.7 Å². The second-order valence-corrected chi connectivity index (χ2v) is 5.20. The Kier molecular flexibility index (Phi) is 3.82. The summed E-state index contributed by atoms with van der Waals surface area (Å²) >= 11 is 0. The van der Waals surface area contributed by atoms with E-state index in [0.29, 0.717) is 6.04 Å². The lowest BCUT2D eigenvalue weighted by molar-refractivity contribution is 0.332. The molecule has 0 heterocycles. The number of hydrogen-bond acceptors (Lipinski definition) is 2. The molecule has 2 fully saturated rings. The van der Waals surface area contributed by atoms with Gasteiger partial charge in [0.15, 0.2) is 0 Å². The zero-order valence-electron chi connectivity index (χ0n) is 9.17. The predicted molar refractivity (Wildman–Crippen MR) is 59.6 cm³/mol. The fourth-order valence-corrected chi connectivity index (χ4v) is 2.85. The molecule has 1 atom stereocenters. The van der Waals surface area contributed by atoms with Gasteiger partial charge >= 0.3 is 0 Å². The summed E-state index contributed by atoms with van der Waals surface area (Å²) in [6.45, 7) is 0. The van der Waals surface area contributed by atoms with Crippen LogP contribution in [0.1, 0.15) is 57.8 Å². The summed E-state index contributed by atoms with van der Waals surface area (Å²) in [5, 5.41) is 0. The number of hydrazine groups is 1. The molecule has 2 aliphatic rings. The van der Waals surface area contributed by atoms with E-state index >= 15 is 0 Å². The van der Waals surface area contributed by atoms with Gasteiger partial charge in [-0.25, -0.2) is 0 Å². The van der Waals surface area contributed by atoms with Crippen molar-refractivity contribution >= 4 is 0 Å². The lowest BCUT2D eigenvalue weighted by atomic mass is 9.91. The van der Waals surface area contributed by atoms with Gasteiger partial charge in [0.2, 0.25) is 0 Å². The smallest absolute Gasteiger partial charge is 0.0241 e. The first-order valence-electron chi connectivity index (χ1n) is 6.36. The summed E-state index contributed by atoms with van der Waals surface area (Å²) in [5.41, 5.74) is 3.03. The van der Waals surface area contributed by atoms with Crippen LogP contribution in [-0.2, 0) is 0 Å². The number of nitrogens with two attached hydrogens (primary N) is 1. The van der Waals surface area contributed by atoms with Gasteiger partial charge in [-0.3, -0.25) is 11.3 Å². The molecule has 0 aliphatic heterocycles. The Hall–Kier alpha value is -0.0800. The minimum atomic E-state index is 0.623. The summed E-state index contributed by atoms with van der Waals surface area (Å²) in [5.74, 6) is 7.48. The van der Waals surface area contributed by atoms with Gasteiger partial charge in [0, 0.05) is 6.04 Å². The second-order valence-electron chi connectivity index (χ2n) is 5.20. The molecule has 0 aromatic rings. The predicted octanol–water partition coefficient (Wildman–Crippen LogP) is 2.59. The third kappa shape index (κ3) is 2.96. The molecular formula is C12H24N2. The minimum absolute atomic E-state index is 0.623. The van der Waals surface area contributed by atoms with Gasteiger partial charge in [0.05, 0.1) is 0 Å². The molecule has 0 amide bonds. The summed E-state index contributed by atoms with van der Waals surface area (Å²) in [6.07, 6.45) is 12.9. The first kappa shape index (κ1) is 10.4. The molecule has 2 rings (SSSR count). The third-order valence-corrected chi connectivity index (χ3v) is 3.97. The molecule has 0 radical (unpaired) electrons. The van der Waals surface area contributed by atoms with Crippen molar-refractivity contribution < 1.29 is 0 Å². The van der Waals surface area contributed by atoms with E-state index in [1.807, 2.05) is 0 Å². The maximum atomic E-state index is 5.62. The van der Waals surface area contributed by atoms with E-state index in [0.717, 1.165) is 11.8 Å². The van der Waals surface area contributed by atoms with Crippen LogP contribution in [0.25, 0.3) is 0 Å². The summed E-state index contributed by atoms with van der Waals surface area (Å²) in [7, 11) is 0. The summed E-state index contributed by atoms with van der Waals surface area (Å²) < 4.78 is 0. The highest BCUT2D eigenvalue weighted by atomic mass is 15.2. The van der Waals surface area contributed by atoms with E-state index in [1.165, 1.54) is 57.8 Å².